The minimum Gasteiger partial charge on any atom is -0.206 e. The van der Waals surface area contributed by atoms with E-state index in [9.17, 15) is 4.39 Å². The van der Waals surface area contributed by atoms with Crippen LogP contribution in [0.15, 0.2) is 42.5 Å². The highest BCUT2D eigenvalue weighted by Crippen LogP contribution is 2.39. The number of rotatable bonds is 5. The molecule has 0 amide bonds. The van der Waals surface area contributed by atoms with E-state index in [2.05, 4.69) is 44.2 Å². The first kappa shape index (κ1) is 20.6. The normalized spacial score (nSPS) is 27.7. The van der Waals surface area contributed by atoms with Crippen LogP contribution in [-0.4, -0.2) is 0 Å². The van der Waals surface area contributed by atoms with E-state index < -0.39 is 0 Å². The highest BCUT2D eigenvalue weighted by atomic mass is 19.1. The van der Waals surface area contributed by atoms with Crippen molar-refractivity contribution in [2.75, 3.05) is 0 Å². The molecule has 0 unspecified atom stereocenters. The summed E-state index contributed by atoms with van der Waals surface area (Å²) in [7, 11) is 0. The lowest BCUT2D eigenvalue weighted by Crippen LogP contribution is -2.13. The smallest absolute Gasteiger partial charge is 0.131 e. The van der Waals surface area contributed by atoms with Gasteiger partial charge in [0.1, 0.15) is 5.82 Å². The molecule has 0 saturated heterocycles. The quantitative estimate of drug-likeness (QED) is 0.476. The molecule has 0 N–H and O–H groups in total. The number of halogens is 1. The van der Waals surface area contributed by atoms with Crippen molar-refractivity contribution < 1.29 is 4.39 Å². The Hall–Kier alpha value is -1.63. The largest absolute Gasteiger partial charge is 0.206 e. The maximum absolute atomic E-state index is 14.9. The Bertz CT molecular complexity index is 774. The van der Waals surface area contributed by atoms with Crippen molar-refractivity contribution in [1.29, 1.82) is 0 Å². The molecule has 1 heteroatoms. The van der Waals surface area contributed by atoms with Gasteiger partial charge in [-0.1, -0.05) is 75.9 Å². The van der Waals surface area contributed by atoms with Crippen LogP contribution >= 0.6 is 0 Å². The summed E-state index contributed by atoms with van der Waals surface area (Å²) in [6.07, 6.45) is 13.0. The van der Waals surface area contributed by atoms with E-state index >= 15 is 0 Å². The first-order valence-corrected chi connectivity index (χ1v) is 12.0. The zero-order valence-corrected chi connectivity index (χ0v) is 18.3. The van der Waals surface area contributed by atoms with E-state index in [1.165, 1.54) is 75.3 Å². The fourth-order valence-electron chi connectivity index (χ4n) is 5.74. The highest BCUT2D eigenvalue weighted by Gasteiger charge is 2.23. The molecule has 2 aliphatic carbocycles. The summed E-state index contributed by atoms with van der Waals surface area (Å²) in [5.41, 5.74) is 4.39. The van der Waals surface area contributed by atoms with Crippen LogP contribution in [0.1, 0.15) is 101 Å². The van der Waals surface area contributed by atoms with Gasteiger partial charge < -0.3 is 0 Å². The van der Waals surface area contributed by atoms with E-state index in [0.717, 1.165) is 23.0 Å². The summed E-state index contributed by atoms with van der Waals surface area (Å²) in [5, 5.41) is 0. The summed E-state index contributed by atoms with van der Waals surface area (Å²) in [6.45, 7) is 4.63. The molecule has 156 valence electrons. The minimum atomic E-state index is -0.0612. The van der Waals surface area contributed by atoms with Gasteiger partial charge in [-0.3, -0.25) is 0 Å². The molecule has 0 radical (unpaired) electrons. The molecular formula is C28H37F. The maximum Gasteiger partial charge on any atom is 0.131 e. The minimum absolute atomic E-state index is 0.0612. The Kier molecular flexibility index (Phi) is 6.73. The van der Waals surface area contributed by atoms with E-state index in [0.29, 0.717) is 11.8 Å². The lowest BCUT2D eigenvalue weighted by molar-refractivity contribution is 0.308. The van der Waals surface area contributed by atoms with Gasteiger partial charge in [-0.25, -0.2) is 4.39 Å². The Morgan fingerprint density at radius 3 is 1.97 bits per heavy atom. The van der Waals surface area contributed by atoms with E-state index in [1.54, 1.807) is 6.07 Å². The van der Waals surface area contributed by atoms with Gasteiger partial charge in [0.25, 0.3) is 0 Å². The maximum atomic E-state index is 14.9. The second kappa shape index (κ2) is 9.45. The van der Waals surface area contributed by atoms with Crippen LogP contribution in [0.25, 0.3) is 11.1 Å². The van der Waals surface area contributed by atoms with Crippen molar-refractivity contribution in [3.05, 3.63) is 59.4 Å². The second-order valence-electron chi connectivity index (χ2n) is 9.82. The molecule has 2 aromatic rings. The Labute approximate surface area is 176 Å². The second-order valence-corrected chi connectivity index (χ2v) is 9.82. The molecule has 2 saturated carbocycles. The fraction of sp³-hybridized carbons (Fsp3) is 0.571. The van der Waals surface area contributed by atoms with E-state index in [-0.39, 0.29) is 5.82 Å². The van der Waals surface area contributed by atoms with Crippen LogP contribution in [0.3, 0.4) is 0 Å². The van der Waals surface area contributed by atoms with Crippen molar-refractivity contribution in [3.63, 3.8) is 0 Å². The predicted octanol–water partition coefficient (Wildman–Crippen LogP) is 8.86. The lowest BCUT2D eigenvalue weighted by Gasteiger charge is -2.28. The van der Waals surface area contributed by atoms with Gasteiger partial charge >= 0.3 is 0 Å². The average Bonchev–Trinajstić information content (AvgIpc) is 2.75. The van der Waals surface area contributed by atoms with Gasteiger partial charge in [0, 0.05) is 5.56 Å². The zero-order valence-electron chi connectivity index (χ0n) is 18.3. The first-order valence-electron chi connectivity index (χ1n) is 12.0. The summed E-state index contributed by atoms with van der Waals surface area (Å²) in [6, 6.07) is 14.7. The molecule has 0 atom stereocenters. The molecule has 0 nitrogen and oxygen atoms in total. The molecule has 2 aliphatic rings. The number of hydrogen-bond donors (Lipinski definition) is 0. The SMILES string of the molecule is CCCC1CCC(c2ccc(-c3ccc(C4CCC(C)CC4)cc3F)cc2)CC1. The fourth-order valence-corrected chi connectivity index (χ4v) is 5.74. The predicted molar refractivity (Wildman–Crippen MR) is 122 cm³/mol. The van der Waals surface area contributed by atoms with E-state index in [1.807, 2.05) is 6.07 Å². The van der Waals surface area contributed by atoms with E-state index in [4.69, 9.17) is 0 Å². The standard InChI is InChI=1S/C28H37F/c1-3-4-21-7-11-22(12-8-21)23-13-15-25(16-14-23)27-18-17-26(19-28(27)29)24-9-5-20(2)6-10-24/h13-22,24H,3-12H2,1-2H3. The summed E-state index contributed by atoms with van der Waals surface area (Å²) >= 11 is 0. The van der Waals surface area contributed by atoms with Crippen molar-refractivity contribution in [2.45, 2.75) is 89.9 Å². The van der Waals surface area contributed by atoms with Gasteiger partial charge in [-0.2, -0.15) is 0 Å². The van der Waals surface area contributed by atoms with Gasteiger partial charge in [-0.05, 0) is 85.0 Å². The zero-order chi connectivity index (χ0) is 20.2. The van der Waals surface area contributed by atoms with Crippen LogP contribution in [0.2, 0.25) is 0 Å². The molecule has 0 spiro atoms. The molecule has 0 aromatic heterocycles. The van der Waals surface area contributed by atoms with Crippen LogP contribution in [-0.2, 0) is 0 Å². The molecule has 4 rings (SSSR count). The van der Waals surface area contributed by atoms with Crippen LogP contribution < -0.4 is 0 Å². The Morgan fingerprint density at radius 2 is 1.34 bits per heavy atom. The molecule has 0 aliphatic heterocycles. The van der Waals surface area contributed by atoms with Crippen LogP contribution in [0.4, 0.5) is 4.39 Å². The van der Waals surface area contributed by atoms with Gasteiger partial charge in [0.05, 0.1) is 0 Å². The molecular weight excluding hydrogens is 355 g/mol. The van der Waals surface area contributed by atoms with Gasteiger partial charge in [0.2, 0.25) is 0 Å². The molecule has 2 aromatic carbocycles. The monoisotopic (exact) mass is 392 g/mol. The lowest BCUT2D eigenvalue weighted by atomic mass is 9.77. The van der Waals surface area contributed by atoms with Gasteiger partial charge in [-0.15, -0.1) is 0 Å². The highest BCUT2D eigenvalue weighted by molar-refractivity contribution is 5.65. The molecule has 2 fully saturated rings. The third-order valence-corrected chi connectivity index (χ3v) is 7.72. The number of hydrogen-bond acceptors (Lipinski definition) is 0. The molecule has 0 heterocycles. The Balaban J connectivity index is 1.42. The third-order valence-electron chi connectivity index (χ3n) is 7.72. The van der Waals surface area contributed by atoms with Crippen LogP contribution in [0, 0.1) is 17.7 Å². The molecule has 29 heavy (non-hydrogen) atoms. The third kappa shape index (κ3) is 4.93. The van der Waals surface area contributed by atoms with Gasteiger partial charge in [0.15, 0.2) is 0 Å². The van der Waals surface area contributed by atoms with Crippen molar-refractivity contribution in [3.8, 4) is 11.1 Å². The number of benzene rings is 2. The van der Waals surface area contributed by atoms with Crippen molar-refractivity contribution in [1.82, 2.24) is 0 Å². The van der Waals surface area contributed by atoms with Crippen molar-refractivity contribution >= 4 is 0 Å². The average molecular weight is 393 g/mol. The Morgan fingerprint density at radius 1 is 0.759 bits per heavy atom. The first-order chi connectivity index (χ1) is 14.1. The van der Waals surface area contributed by atoms with Crippen LogP contribution in [0.5, 0.6) is 0 Å². The summed E-state index contributed by atoms with van der Waals surface area (Å²) in [4.78, 5) is 0. The summed E-state index contributed by atoms with van der Waals surface area (Å²) < 4.78 is 14.9. The molecule has 0 bridgehead atoms. The topological polar surface area (TPSA) is 0 Å². The van der Waals surface area contributed by atoms with Crippen molar-refractivity contribution in [2.24, 2.45) is 11.8 Å². The summed E-state index contributed by atoms with van der Waals surface area (Å²) in [5.74, 6) is 2.94.